The lowest BCUT2D eigenvalue weighted by Crippen LogP contribution is -2.34. The van der Waals surface area contributed by atoms with Crippen molar-refractivity contribution < 1.29 is 9.53 Å². The molecule has 4 rings (SSSR count). The molecule has 0 spiro atoms. The van der Waals surface area contributed by atoms with Crippen molar-refractivity contribution in [3.8, 4) is 5.75 Å². The van der Waals surface area contributed by atoms with Gasteiger partial charge in [-0.25, -0.2) is 4.99 Å². The summed E-state index contributed by atoms with van der Waals surface area (Å²) in [6, 6.07) is 15.2. The van der Waals surface area contributed by atoms with Gasteiger partial charge in [-0.3, -0.25) is 9.69 Å². The van der Waals surface area contributed by atoms with Crippen molar-refractivity contribution in [2.45, 2.75) is 6.04 Å². The van der Waals surface area contributed by atoms with Crippen LogP contribution in [0, 0.1) is 0 Å². The number of rotatable bonds is 3. The van der Waals surface area contributed by atoms with Gasteiger partial charge in [0.15, 0.2) is 5.17 Å². The molecule has 0 bridgehead atoms. The Labute approximate surface area is 155 Å². The predicted molar refractivity (Wildman–Crippen MR) is 102 cm³/mol. The molecule has 126 valence electrons. The Hall–Kier alpha value is -2.24. The van der Waals surface area contributed by atoms with E-state index in [2.05, 4.69) is 4.99 Å². The maximum Gasteiger partial charge on any atom is 0.239 e. The molecule has 0 aliphatic carbocycles. The lowest BCUT2D eigenvalue weighted by atomic mass is 10.0. The number of aliphatic imine (C=N–C) groups is 1. The molecule has 2 aromatic carbocycles. The van der Waals surface area contributed by atoms with Gasteiger partial charge in [-0.2, -0.15) is 0 Å². The minimum absolute atomic E-state index is 0.0796. The second-order valence-electron chi connectivity index (χ2n) is 5.72. The lowest BCUT2D eigenvalue weighted by molar-refractivity contribution is -0.125. The van der Waals surface area contributed by atoms with Gasteiger partial charge in [0.1, 0.15) is 5.75 Å². The highest BCUT2D eigenvalue weighted by Gasteiger charge is 2.37. The predicted octanol–water partition coefficient (Wildman–Crippen LogP) is 4.38. The number of hydrogen-bond donors (Lipinski definition) is 0. The van der Waals surface area contributed by atoms with Crippen molar-refractivity contribution in [3.63, 3.8) is 0 Å². The minimum Gasteiger partial charge on any atom is -0.497 e. The third kappa shape index (κ3) is 3.05. The maximum absolute atomic E-state index is 12.4. The highest BCUT2D eigenvalue weighted by molar-refractivity contribution is 8.15. The van der Waals surface area contributed by atoms with E-state index in [4.69, 9.17) is 16.3 Å². The van der Waals surface area contributed by atoms with Gasteiger partial charge in [-0.05, 0) is 35.9 Å². The first-order chi connectivity index (χ1) is 12.2. The first-order valence-corrected chi connectivity index (χ1v) is 9.17. The number of ether oxygens (including phenoxy) is 1. The Bertz CT molecular complexity index is 875. The van der Waals surface area contributed by atoms with E-state index in [-0.39, 0.29) is 11.9 Å². The molecule has 0 saturated carbocycles. The zero-order valence-corrected chi connectivity index (χ0v) is 15.1. The number of carbonyl (C=O) groups is 1. The molecule has 0 N–H and O–H groups in total. The average molecular weight is 371 g/mol. The van der Waals surface area contributed by atoms with Crippen LogP contribution in [0.3, 0.4) is 0 Å². The monoisotopic (exact) mass is 370 g/mol. The largest absolute Gasteiger partial charge is 0.497 e. The Morgan fingerprint density at radius 2 is 1.88 bits per heavy atom. The SMILES string of the molecule is COc1ccc([C@H]2C=C(c3ccc(Cl)cc3)N=C3SCC(=O)N32)cc1. The Kier molecular flexibility index (Phi) is 4.27. The molecule has 1 saturated heterocycles. The Balaban J connectivity index is 1.77. The van der Waals surface area contributed by atoms with Gasteiger partial charge in [0.05, 0.1) is 24.6 Å². The smallest absolute Gasteiger partial charge is 0.239 e. The number of hydrogen-bond acceptors (Lipinski definition) is 4. The molecular formula is C19H15ClN2O2S. The first kappa shape index (κ1) is 16.2. The van der Waals surface area contributed by atoms with Crippen LogP contribution in [-0.4, -0.2) is 28.8 Å². The number of amidine groups is 1. The standard InChI is InChI=1S/C19H15ClN2O2S/c1-24-15-8-4-13(5-9-15)17-10-16(12-2-6-14(20)7-3-12)21-19-22(17)18(23)11-25-19/h2-10,17H,11H2,1H3/t17-/m1/s1. The zero-order chi connectivity index (χ0) is 17.4. The van der Waals surface area contributed by atoms with E-state index in [0.717, 1.165) is 27.7 Å². The number of benzene rings is 2. The number of carbonyl (C=O) groups excluding carboxylic acids is 1. The van der Waals surface area contributed by atoms with E-state index < -0.39 is 0 Å². The number of methoxy groups -OCH3 is 1. The van der Waals surface area contributed by atoms with E-state index in [1.807, 2.05) is 54.6 Å². The molecule has 1 amide bonds. The fourth-order valence-corrected chi connectivity index (χ4v) is 3.96. The maximum atomic E-state index is 12.4. The van der Waals surface area contributed by atoms with Crippen LogP contribution in [0.25, 0.3) is 5.70 Å². The Morgan fingerprint density at radius 3 is 2.56 bits per heavy atom. The van der Waals surface area contributed by atoms with Crippen LogP contribution in [-0.2, 0) is 4.79 Å². The highest BCUT2D eigenvalue weighted by Crippen LogP contribution is 2.38. The van der Waals surface area contributed by atoms with E-state index in [0.29, 0.717) is 10.8 Å². The van der Waals surface area contributed by atoms with E-state index in [1.54, 1.807) is 12.0 Å². The third-order valence-corrected chi connectivity index (χ3v) is 5.40. The normalized spacial score (nSPS) is 19.4. The van der Waals surface area contributed by atoms with Crippen LogP contribution in [0.4, 0.5) is 0 Å². The van der Waals surface area contributed by atoms with Gasteiger partial charge in [0.2, 0.25) is 5.91 Å². The topological polar surface area (TPSA) is 41.9 Å². The van der Waals surface area contributed by atoms with E-state index >= 15 is 0 Å². The molecule has 2 aromatic rings. The van der Waals surface area contributed by atoms with Gasteiger partial charge in [0.25, 0.3) is 0 Å². The summed E-state index contributed by atoms with van der Waals surface area (Å²) in [5.41, 5.74) is 2.86. The molecule has 2 aliphatic heterocycles. The van der Waals surface area contributed by atoms with Gasteiger partial charge in [-0.15, -0.1) is 0 Å². The first-order valence-electron chi connectivity index (χ1n) is 7.81. The molecule has 2 heterocycles. The molecule has 2 aliphatic rings. The van der Waals surface area contributed by atoms with Crippen LogP contribution in [0.1, 0.15) is 17.2 Å². The van der Waals surface area contributed by atoms with Crippen molar-refractivity contribution in [2.24, 2.45) is 4.99 Å². The average Bonchev–Trinajstić information content (AvgIpc) is 3.03. The highest BCUT2D eigenvalue weighted by atomic mass is 35.5. The molecule has 4 nitrogen and oxygen atoms in total. The summed E-state index contributed by atoms with van der Waals surface area (Å²) >= 11 is 7.46. The van der Waals surface area contributed by atoms with E-state index in [9.17, 15) is 4.79 Å². The Morgan fingerprint density at radius 1 is 1.16 bits per heavy atom. The third-order valence-electron chi connectivity index (χ3n) is 4.21. The molecule has 25 heavy (non-hydrogen) atoms. The number of amides is 1. The molecule has 1 atom stereocenters. The molecule has 0 radical (unpaired) electrons. The summed E-state index contributed by atoms with van der Waals surface area (Å²) in [6.45, 7) is 0. The summed E-state index contributed by atoms with van der Waals surface area (Å²) in [5.74, 6) is 1.29. The van der Waals surface area contributed by atoms with Crippen molar-refractivity contribution in [1.82, 2.24) is 4.90 Å². The molecule has 0 unspecified atom stereocenters. The van der Waals surface area contributed by atoms with Gasteiger partial charge >= 0.3 is 0 Å². The van der Waals surface area contributed by atoms with Crippen LogP contribution >= 0.6 is 23.4 Å². The van der Waals surface area contributed by atoms with E-state index in [1.165, 1.54) is 11.8 Å². The van der Waals surface area contributed by atoms with Crippen molar-refractivity contribution in [1.29, 1.82) is 0 Å². The van der Waals surface area contributed by atoms with Crippen LogP contribution in [0.5, 0.6) is 5.75 Å². The van der Waals surface area contributed by atoms with Crippen LogP contribution < -0.4 is 4.74 Å². The number of halogens is 1. The quantitative estimate of drug-likeness (QED) is 0.805. The van der Waals surface area contributed by atoms with Gasteiger partial charge in [-0.1, -0.05) is 47.6 Å². The molecule has 0 aromatic heterocycles. The number of thioether (sulfide) groups is 1. The second-order valence-corrected chi connectivity index (χ2v) is 7.10. The van der Waals surface area contributed by atoms with Gasteiger partial charge < -0.3 is 4.74 Å². The summed E-state index contributed by atoms with van der Waals surface area (Å²) < 4.78 is 5.23. The second kappa shape index (κ2) is 6.58. The number of fused-ring (bicyclic) bond motifs is 1. The summed E-state index contributed by atoms with van der Waals surface area (Å²) in [7, 11) is 1.64. The summed E-state index contributed by atoms with van der Waals surface area (Å²) in [5, 5.41) is 1.44. The molecular weight excluding hydrogens is 356 g/mol. The fraction of sp³-hybridized carbons (Fsp3) is 0.158. The van der Waals surface area contributed by atoms with Gasteiger partial charge in [0, 0.05) is 10.6 Å². The fourth-order valence-electron chi connectivity index (χ4n) is 2.92. The lowest BCUT2D eigenvalue weighted by Gasteiger charge is -2.29. The zero-order valence-electron chi connectivity index (χ0n) is 13.5. The summed E-state index contributed by atoms with van der Waals surface area (Å²) in [4.78, 5) is 18.8. The van der Waals surface area contributed by atoms with Crippen molar-refractivity contribution >= 4 is 40.1 Å². The number of nitrogens with zero attached hydrogens (tertiary/aromatic N) is 2. The van der Waals surface area contributed by atoms with Crippen LogP contribution in [0.15, 0.2) is 59.6 Å². The van der Waals surface area contributed by atoms with Crippen LogP contribution in [0.2, 0.25) is 5.02 Å². The minimum atomic E-state index is -0.174. The molecule has 1 fully saturated rings. The van der Waals surface area contributed by atoms with Crippen molar-refractivity contribution in [2.75, 3.05) is 12.9 Å². The molecule has 6 heteroatoms. The van der Waals surface area contributed by atoms with Crippen molar-refractivity contribution in [3.05, 3.63) is 70.8 Å². The summed E-state index contributed by atoms with van der Waals surface area (Å²) in [6.07, 6.45) is 2.03.